The Bertz CT molecular complexity index is 2150. The standard InChI is InChI=1S/C36H27N5O2/c1-21-27(6-3-8-29(21)36-41-33-17-23(20-42)16-26(19-37)34(33)43-36)28-7-4-9-31(22(28)2)40-35-30-12-11-25(32-10-5-14-38-32)18-24(30)13-15-39-35/h3-4,6-9,11-13,15-18,20H,5,10,14H2,1-2H3,(H,39,40). The molecule has 0 fully saturated rings. The number of nitrogens with one attached hydrogen (secondary N) is 1. The summed E-state index contributed by atoms with van der Waals surface area (Å²) < 4.78 is 6.08. The molecule has 0 spiro atoms. The van der Waals surface area contributed by atoms with Crippen molar-refractivity contribution in [2.24, 2.45) is 4.99 Å². The molecular weight excluding hydrogens is 534 g/mol. The zero-order valence-electron chi connectivity index (χ0n) is 23.8. The first-order valence-corrected chi connectivity index (χ1v) is 14.2. The van der Waals surface area contributed by atoms with Gasteiger partial charge in [0.15, 0.2) is 5.58 Å². The van der Waals surface area contributed by atoms with Crippen LogP contribution in [0, 0.1) is 25.2 Å². The van der Waals surface area contributed by atoms with E-state index >= 15 is 0 Å². The number of carbonyl (C=O) groups is 1. The molecule has 0 saturated heterocycles. The minimum Gasteiger partial charge on any atom is -0.435 e. The molecule has 0 unspecified atom stereocenters. The lowest BCUT2D eigenvalue weighted by Gasteiger charge is -2.17. The number of pyridine rings is 1. The summed E-state index contributed by atoms with van der Waals surface area (Å²) in [5.74, 6) is 1.21. The highest BCUT2D eigenvalue weighted by Crippen LogP contribution is 2.37. The molecule has 208 valence electrons. The molecule has 0 bridgehead atoms. The van der Waals surface area contributed by atoms with Crippen LogP contribution < -0.4 is 5.32 Å². The Morgan fingerprint density at radius 3 is 2.56 bits per heavy atom. The fraction of sp³-hybridized carbons (Fsp3) is 0.139. The zero-order valence-corrected chi connectivity index (χ0v) is 23.8. The van der Waals surface area contributed by atoms with Gasteiger partial charge in [-0.1, -0.05) is 30.3 Å². The molecule has 7 rings (SSSR count). The average Bonchev–Trinajstić information content (AvgIpc) is 3.73. The normalized spacial score (nSPS) is 12.8. The highest BCUT2D eigenvalue weighted by atomic mass is 16.3. The van der Waals surface area contributed by atoms with Crippen molar-refractivity contribution < 1.29 is 9.21 Å². The number of fused-ring (bicyclic) bond motifs is 2. The van der Waals surface area contributed by atoms with Crippen molar-refractivity contribution in [3.8, 4) is 28.7 Å². The van der Waals surface area contributed by atoms with Gasteiger partial charge in [-0.05, 0) is 102 Å². The van der Waals surface area contributed by atoms with Gasteiger partial charge >= 0.3 is 0 Å². The van der Waals surface area contributed by atoms with Crippen LogP contribution in [0.2, 0.25) is 0 Å². The maximum absolute atomic E-state index is 11.4. The largest absolute Gasteiger partial charge is 0.435 e. The number of oxazole rings is 1. The van der Waals surface area contributed by atoms with E-state index in [0.29, 0.717) is 28.8 Å². The first kappa shape index (κ1) is 26.3. The van der Waals surface area contributed by atoms with Crippen molar-refractivity contribution in [1.82, 2.24) is 9.97 Å². The number of hydrogen-bond donors (Lipinski definition) is 1. The van der Waals surface area contributed by atoms with E-state index in [-0.39, 0.29) is 5.56 Å². The fourth-order valence-electron chi connectivity index (χ4n) is 5.90. The monoisotopic (exact) mass is 561 g/mol. The van der Waals surface area contributed by atoms with E-state index in [2.05, 4.69) is 69.7 Å². The summed E-state index contributed by atoms with van der Waals surface area (Å²) >= 11 is 0. The lowest BCUT2D eigenvalue weighted by molar-refractivity contribution is 0.112. The minimum atomic E-state index is 0.285. The Morgan fingerprint density at radius 2 is 1.77 bits per heavy atom. The van der Waals surface area contributed by atoms with E-state index in [4.69, 9.17) is 4.42 Å². The van der Waals surface area contributed by atoms with Gasteiger partial charge in [0.1, 0.15) is 23.7 Å². The number of benzene rings is 4. The molecule has 0 aliphatic carbocycles. The first-order chi connectivity index (χ1) is 21.0. The number of anilines is 2. The molecule has 0 amide bonds. The lowest BCUT2D eigenvalue weighted by atomic mass is 9.93. The molecule has 4 aromatic carbocycles. The van der Waals surface area contributed by atoms with Crippen molar-refractivity contribution in [1.29, 1.82) is 5.26 Å². The van der Waals surface area contributed by atoms with Crippen LogP contribution in [0.15, 0.2) is 88.4 Å². The molecular formula is C36H27N5O2. The second-order valence-electron chi connectivity index (χ2n) is 10.8. The number of rotatable bonds is 6. The third-order valence-electron chi connectivity index (χ3n) is 8.18. The predicted molar refractivity (Wildman–Crippen MR) is 170 cm³/mol. The third-order valence-corrected chi connectivity index (χ3v) is 8.18. The maximum atomic E-state index is 11.4. The number of hydrogen-bond acceptors (Lipinski definition) is 7. The van der Waals surface area contributed by atoms with Gasteiger partial charge in [-0.15, -0.1) is 0 Å². The van der Waals surface area contributed by atoms with Gasteiger partial charge in [0, 0.05) is 40.7 Å². The van der Waals surface area contributed by atoms with Gasteiger partial charge in [0.25, 0.3) is 0 Å². The Hall–Kier alpha value is -5.61. The minimum absolute atomic E-state index is 0.285. The molecule has 7 nitrogen and oxygen atoms in total. The second-order valence-corrected chi connectivity index (χ2v) is 10.8. The van der Waals surface area contributed by atoms with Crippen molar-refractivity contribution in [2.45, 2.75) is 26.7 Å². The van der Waals surface area contributed by atoms with E-state index in [1.165, 1.54) is 17.3 Å². The van der Waals surface area contributed by atoms with Gasteiger partial charge < -0.3 is 9.73 Å². The molecule has 1 N–H and O–H groups in total. The van der Waals surface area contributed by atoms with Crippen LogP contribution in [-0.4, -0.2) is 28.5 Å². The smallest absolute Gasteiger partial charge is 0.227 e. The quantitative estimate of drug-likeness (QED) is 0.205. The summed E-state index contributed by atoms with van der Waals surface area (Å²) in [4.78, 5) is 25.4. The molecule has 1 aliphatic heterocycles. The predicted octanol–water partition coefficient (Wildman–Crippen LogP) is 8.34. The van der Waals surface area contributed by atoms with Crippen LogP contribution in [0.1, 0.15) is 45.5 Å². The highest BCUT2D eigenvalue weighted by molar-refractivity contribution is 6.05. The van der Waals surface area contributed by atoms with Crippen LogP contribution in [-0.2, 0) is 0 Å². The summed E-state index contributed by atoms with van der Waals surface area (Å²) in [5, 5.41) is 15.4. The van der Waals surface area contributed by atoms with Gasteiger partial charge in [-0.25, -0.2) is 9.97 Å². The van der Waals surface area contributed by atoms with Crippen LogP contribution in [0.4, 0.5) is 11.5 Å². The van der Waals surface area contributed by atoms with Crippen LogP contribution in [0.5, 0.6) is 0 Å². The zero-order chi connectivity index (χ0) is 29.5. The van der Waals surface area contributed by atoms with Gasteiger partial charge in [-0.3, -0.25) is 9.79 Å². The van der Waals surface area contributed by atoms with Crippen LogP contribution in [0.3, 0.4) is 0 Å². The summed E-state index contributed by atoms with van der Waals surface area (Å²) in [7, 11) is 0. The van der Waals surface area contributed by atoms with E-state index in [9.17, 15) is 10.1 Å². The third kappa shape index (κ3) is 4.63. The summed E-state index contributed by atoms with van der Waals surface area (Å²) in [6.07, 6.45) is 4.70. The Balaban J connectivity index is 1.26. The number of aldehydes is 1. The van der Waals surface area contributed by atoms with E-state index < -0.39 is 0 Å². The van der Waals surface area contributed by atoms with Crippen molar-refractivity contribution in [3.63, 3.8) is 0 Å². The summed E-state index contributed by atoms with van der Waals surface area (Å²) in [5.41, 5.74) is 9.88. The molecule has 43 heavy (non-hydrogen) atoms. The molecule has 0 atom stereocenters. The molecule has 2 aromatic heterocycles. The molecule has 3 heterocycles. The first-order valence-electron chi connectivity index (χ1n) is 14.2. The number of nitrogens with zero attached hydrogens (tertiary/aromatic N) is 4. The topological polar surface area (TPSA) is 104 Å². The molecule has 6 aromatic rings. The van der Waals surface area contributed by atoms with Gasteiger partial charge in [0.05, 0.1) is 5.56 Å². The van der Waals surface area contributed by atoms with Gasteiger partial charge in [-0.2, -0.15) is 5.26 Å². The summed E-state index contributed by atoms with van der Waals surface area (Å²) in [6, 6.07) is 26.0. The SMILES string of the molecule is Cc1c(Nc2nccc3cc(C4=NCCC4)ccc23)cccc1-c1cccc(-c2nc3cc(C=O)cc(C#N)c3o2)c1C. The number of aliphatic imine (C=N–C) groups is 1. The maximum Gasteiger partial charge on any atom is 0.227 e. The summed E-state index contributed by atoms with van der Waals surface area (Å²) in [6.45, 7) is 5.05. The van der Waals surface area contributed by atoms with E-state index in [0.717, 1.165) is 69.5 Å². The number of aromatic nitrogens is 2. The molecule has 0 saturated carbocycles. The molecule has 0 radical (unpaired) electrons. The van der Waals surface area contributed by atoms with Crippen LogP contribution in [0.25, 0.3) is 44.5 Å². The van der Waals surface area contributed by atoms with E-state index in [1.807, 2.05) is 37.4 Å². The van der Waals surface area contributed by atoms with Crippen molar-refractivity contribution in [2.75, 3.05) is 11.9 Å². The van der Waals surface area contributed by atoms with Crippen molar-refractivity contribution >= 4 is 45.4 Å². The fourth-order valence-corrected chi connectivity index (χ4v) is 5.90. The molecule has 7 heteroatoms. The Morgan fingerprint density at radius 1 is 0.953 bits per heavy atom. The number of nitriles is 1. The Kier molecular flexibility index (Phi) is 6.52. The Labute approximate surface area is 248 Å². The molecule has 1 aliphatic rings. The number of carbonyl (C=O) groups excluding carboxylic acids is 1. The average molecular weight is 562 g/mol. The highest BCUT2D eigenvalue weighted by Gasteiger charge is 2.18. The van der Waals surface area contributed by atoms with Gasteiger partial charge in [0.2, 0.25) is 5.89 Å². The second kappa shape index (κ2) is 10.7. The van der Waals surface area contributed by atoms with E-state index in [1.54, 1.807) is 6.07 Å². The van der Waals surface area contributed by atoms with Crippen LogP contribution >= 0.6 is 0 Å². The van der Waals surface area contributed by atoms with Crippen molar-refractivity contribution in [3.05, 3.63) is 107 Å². The lowest BCUT2D eigenvalue weighted by Crippen LogP contribution is -2.00.